The van der Waals surface area contributed by atoms with E-state index in [-0.39, 0.29) is 0 Å². The van der Waals surface area contributed by atoms with Gasteiger partial charge in [0, 0.05) is 18.4 Å². The monoisotopic (exact) mass is 304 g/mol. The molecule has 4 nitrogen and oxygen atoms in total. The minimum Gasteiger partial charge on any atom is -0.370 e. The van der Waals surface area contributed by atoms with E-state index in [2.05, 4.69) is 44.9 Å². The third-order valence-electron chi connectivity index (χ3n) is 3.48. The second-order valence-electron chi connectivity index (χ2n) is 5.27. The van der Waals surface area contributed by atoms with Crippen molar-refractivity contribution >= 4 is 17.5 Å². The Labute approximate surface area is 136 Å². The highest BCUT2D eigenvalue weighted by Crippen LogP contribution is 2.13. The van der Waals surface area contributed by atoms with Crippen LogP contribution in [-0.4, -0.2) is 16.5 Å². The summed E-state index contributed by atoms with van der Waals surface area (Å²) in [6.07, 6.45) is 3.89. The van der Waals surface area contributed by atoms with Crippen molar-refractivity contribution in [2.75, 3.05) is 17.2 Å². The van der Waals surface area contributed by atoms with E-state index in [4.69, 9.17) is 0 Å². The fraction of sp³-hybridized carbons (Fsp3) is 0.158. The number of benzene rings is 2. The Morgan fingerprint density at radius 1 is 0.826 bits per heavy atom. The highest BCUT2D eigenvalue weighted by Gasteiger charge is 2.00. The van der Waals surface area contributed by atoms with Crippen LogP contribution in [0.5, 0.6) is 0 Å². The van der Waals surface area contributed by atoms with Crippen LogP contribution in [0.1, 0.15) is 12.0 Å². The summed E-state index contributed by atoms with van der Waals surface area (Å²) in [6.45, 7) is 0.886. The molecule has 1 aromatic heterocycles. The van der Waals surface area contributed by atoms with Crippen molar-refractivity contribution in [3.8, 4) is 0 Å². The molecule has 0 bridgehead atoms. The molecule has 3 aromatic rings. The molecule has 3 rings (SSSR count). The summed E-state index contributed by atoms with van der Waals surface area (Å²) in [5.41, 5.74) is 2.34. The number of hydrogen-bond donors (Lipinski definition) is 2. The SMILES string of the molecule is c1ccc(CCCNc2ccnc(Nc3ccccc3)n2)cc1. The number of anilines is 3. The van der Waals surface area contributed by atoms with Gasteiger partial charge in [-0.05, 0) is 36.6 Å². The van der Waals surface area contributed by atoms with Crippen LogP contribution in [0.3, 0.4) is 0 Å². The standard InChI is InChI=1S/C19H20N4/c1-3-8-16(9-4-1)10-7-14-20-18-13-15-21-19(23-18)22-17-11-5-2-6-12-17/h1-6,8-9,11-13,15H,7,10,14H2,(H2,20,21,22,23). The van der Waals surface area contributed by atoms with Gasteiger partial charge in [-0.1, -0.05) is 48.5 Å². The topological polar surface area (TPSA) is 49.8 Å². The van der Waals surface area contributed by atoms with Crippen LogP contribution in [0, 0.1) is 0 Å². The third-order valence-corrected chi connectivity index (χ3v) is 3.48. The van der Waals surface area contributed by atoms with Crippen LogP contribution in [0.25, 0.3) is 0 Å². The van der Waals surface area contributed by atoms with Crippen LogP contribution in [0.2, 0.25) is 0 Å². The van der Waals surface area contributed by atoms with Crippen LogP contribution in [0.4, 0.5) is 17.5 Å². The van der Waals surface area contributed by atoms with Gasteiger partial charge in [0.2, 0.25) is 5.95 Å². The Bertz CT molecular complexity index is 714. The average Bonchev–Trinajstić information content (AvgIpc) is 2.61. The molecule has 0 atom stereocenters. The van der Waals surface area contributed by atoms with Gasteiger partial charge in [-0.3, -0.25) is 0 Å². The lowest BCUT2D eigenvalue weighted by Gasteiger charge is -2.08. The Hall–Kier alpha value is -2.88. The predicted octanol–water partition coefficient (Wildman–Crippen LogP) is 4.26. The van der Waals surface area contributed by atoms with E-state index in [1.165, 1.54) is 5.56 Å². The van der Waals surface area contributed by atoms with E-state index in [9.17, 15) is 0 Å². The molecule has 0 amide bonds. The van der Waals surface area contributed by atoms with Gasteiger partial charge in [0.25, 0.3) is 0 Å². The molecule has 1 heterocycles. The maximum atomic E-state index is 4.48. The molecule has 4 heteroatoms. The zero-order chi connectivity index (χ0) is 15.7. The predicted molar refractivity (Wildman–Crippen MR) is 95.0 cm³/mol. The molecule has 0 radical (unpaired) electrons. The molecule has 0 aliphatic rings. The van der Waals surface area contributed by atoms with Gasteiger partial charge in [-0.2, -0.15) is 4.98 Å². The average molecular weight is 304 g/mol. The molecule has 0 saturated carbocycles. The van der Waals surface area contributed by atoms with Crippen molar-refractivity contribution in [1.29, 1.82) is 0 Å². The molecule has 0 aliphatic heterocycles. The maximum Gasteiger partial charge on any atom is 0.229 e. The van der Waals surface area contributed by atoms with Crippen molar-refractivity contribution in [3.05, 3.63) is 78.5 Å². The summed E-state index contributed by atoms with van der Waals surface area (Å²) < 4.78 is 0. The Morgan fingerprint density at radius 3 is 2.35 bits per heavy atom. The minimum atomic E-state index is 0.601. The van der Waals surface area contributed by atoms with Crippen molar-refractivity contribution in [1.82, 2.24) is 9.97 Å². The zero-order valence-corrected chi connectivity index (χ0v) is 12.9. The second-order valence-corrected chi connectivity index (χ2v) is 5.27. The number of nitrogens with zero attached hydrogens (tertiary/aromatic N) is 2. The molecule has 0 unspecified atom stereocenters. The van der Waals surface area contributed by atoms with Gasteiger partial charge in [-0.15, -0.1) is 0 Å². The van der Waals surface area contributed by atoms with E-state index in [1.807, 2.05) is 42.5 Å². The third kappa shape index (κ3) is 4.81. The molecule has 0 saturated heterocycles. The zero-order valence-electron chi connectivity index (χ0n) is 12.9. The van der Waals surface area contributed by atoms with Crippen molar-refractivity contribution < 1.29 is 0 Å². The van der Waals surface area contributed by atoms with Crippen molar-refractivity contribution in [2.24, 2.45) is 0 Å². The van der Waals surface area contributed by atoms with Gasteiger partial charge in [0.05, 0.1) is 0 Å². The minimum absolute atomic E-state index is 0.601. The molecular formula is C19H20N4. The number of para-hydroxylation sites is 1. The lowest BCUT2D eigenvalue weighted by molar-refractivity contribution is 0.858. The molecule has 23 heavy (non-hydrogen) atoms. The fourth-order valence-electron chi connectivity index (χ4n) is 2.32. The summed E-state index contributed by atoms with van der Waals surface area (Å²) in [5, 5.41) is 6.55. The Balaban J connectivity index is 1.49. The van der Waals surface area contributed by atoms with E-state index in [0.29, 0.717) is 5.95 Å². The van der Waals surface area contributed by atoms with E-state index >= 15 is 0 Å². The molecule has 2 aromatic carbocycles. The lowest BCUT2D eigenvalue weighted by Crippen LogP contribution is -2.06. The van der Waals surface area contributed by atoms with Crippen LogP contribution >= 0.6 is 0 Å². The van der Waals surface area contributed by atoms with Gasteiger partial charge >= 0.3 is 0 Å². The quantitative estimate of drug-likeness (QED) is 0.640. The first-order chi connectivity index (χ1) is 11.4. The molecular weight excluding hydrogens is 284 g/mol. The first-order valence-corrected chi connectivity index (χ1v) is 7.83. The number of aromatic nitrogens is 2. The first kappa shape index (κ1) is 15.0. The molecule has 116 valence electrons. The highest BCUT2D eigenvalue weighted by molar-refractivity contribution is 5.54. The summed E-state index contributed by atoms with van der Waals surface area (Å²) in [4.78, 5) is 8.73. The lowest BCUT2D eigenvalue weighted by atomic mass is 10.1. The summed E-state index contributed by atoms with van der Waals surface area (Å²) >= 11 is 0. The van der Waals surface area contributed by atoms with Gasteiger partial charge < -0.3 is 10.6 Å². The molecule has 0 spiro atoms. The first-order valence-electron chi connectivity index (χ1n) is 7.83. The highest BCUT2D eigenvalue weighted by atomic mass is 15.1. The van der Waals surface area contributed by atoms with Gasteiger partial charge in [-0.25, -0.2) is 4.98 Å². The van der Waals surface area contributed by atoms with Gasteiger partial charge in [0.1, 0.15) is 5.82 Å². The number of rotatable bonds is 7. The smallest absolute Gasteiger partial charge is 0.229 e. The maximum absolute atomic E-state index is 4.48. The Kier molecular flexibility index (Phi) is 5.19. The number of nitrogens with one attached hydrogen (secondary N) is 2. The van der Waals surface area contributed by atoms with Crippen LogP contribution < -0.4 is 10.6 Å². The van der Waals surface area contributed by atoms with Crippen LogP contribution in [0.15, 0.2) is 72.9 Å². The largest absolute Gasteiger partial charge is 0.370 e. The fourth-order valence-corrected chi connectivity index (χ4v) is 2.32. The molecule has 0 fully saturated rings. The second kappa shape index (κ2) is 7.94. The molecule has 0 aliphatic carbocycles. The van der Waals surface area contributed by atoms with Crippen LogP contribution in [-0.2, 0) is 6.42 Å². The normalized spacial score (nSPS) is 10.3. The van der Waals surface area contributed by atoms with E-state index in [1.54, 1.807) is 6.20 Å². The van der Waals surface area contributed by atoms with Crippen molar-refractivity contribution in [3.63, 3.8) is 0 Å². The summed E-state index contributed by atoms with van der Waals surface area (Å²) in [7, 11) is 0. The molecule has 2 N–H and O–H groups in total. The van der Waals surface area contributed by atoms with E-state index in [0.717, 1.165) is 30.9 Å². The summed E-state index contributed by atoms with van der Waals surface area (Å²) in [5.74, 6) is 1.44. The van der Waals surface area contributed by atoms with Crippen molar-refractivity contribution in [2.45, 2.75) is 12.8 Å². The van der Waals surface area contributed by atoms with E-state index < -0.39 is 0 Å². The number of hydrogen-bond acceptors (Lipinski definition) is 4. The van der Waals surface area contributed by atoms with Gasteiger partial charge in [0.15, 0.2) is 0 Å². The summed E-state index contributed by atoms with van der Waals surface area (Å²) in [6, 6.07) is 22.3. The Morgan fingerprint density at radius 2 is 1.57 bits per heavy atom. The number of aryl methyl sites for hydroxylation is 1.